The summed E-state index contributed by atoms with van der Waals surface area (Å²) in [6.07, 6.45) is 2.61. The van der Waals surface area contributed by atoms with Gasteiger partial charge in [-0.1, -0.05) is 48.5 Å². The summed E-state index contributed by atoms with van der Waals surface area (Å²) < 4.78 is 18.0. The second kappa shape index (κ2) is 9.47. The van der Waals surface area contributed by atoms with Crippen LogP contribution >= 0.6 is 0 Å². The van der Waals surface area contributed by atoms with E-state index in [1.807, 2.05) is 24.3 Å². The van der Waals surface area contributed by atoms with Crippen molar-refractivity contribution < 1.29 is 13.9 Å². The van der Waals surface area contributed by atoms with E-state index in [1.165, 1.54) is 25.9 Å². The van der Waals surface area contributed by atoms with E-state index in [1.54, 1.807) is 7.11 Å². The summed E-state index contributed by atoms with van der Waals surface area (Å²) in [7, 11) is 1.70. The first-order valence-electron chi connectivity index (χ1n) is 12.3. The summed E-state index contributed by atoms with van der Waals surface area (Å²) in [5, 5.41) is 3.39. The van der Waals surface area contributed by atoms with E-state index in [4.69, 9.17) is 13.9 Å². The van der Waals surface area contributed by atoms with E-state index < -0.39 is 0 Å². The summed E-state index contributed by atoms with van der Waals surface area (Å²) >= 11 is 0. The van der Waals surface area contributed by atoms with Gasteiger partial charge in [0.15, 0.2) is 0 Å². The molecule has 4 nitrogen and oxygen atoms in total. The number of furan rings is 1. The number of fused-ring (bicyclic) bond motifs is 3. The molecule has 0 atom stereocenters. The lowest BCUT2D eigenvalue weighted by atomic mass is 9.95. The van der Waals surface area contributed by atoms with Gasteiger partial charge in [-0.05, 0) is 78.7 Å². The minimum atomic E-state index is 0.718. The molecule has 0 bridgehead atoms. The van der Waals surface area contributed by atoms with Crippen LogP contribution in [0.1, 0.15) is 12.8 Å². The monoisotopic (exact) mass is 463 g/mol. The molecule has 2 heterocycles. The first-order chi connectivity index (χ1) is 17.3. The van der Waals surface area contributed by atoms with Gasteiger partial charge in [0.25, 0.3) is 0 Å². The third-order valence-electron chi connectivity index (χ3n) is 6.93. The number of rotatable bonds is 7. The molecule has 0 spiro atoms. The van der Waals surface area contributed by atoms with Crippen molar-refractivity contribution in [2.45, 2.75) is 12.8 Å². The van der Waals surface area contributed by atoms with Gasteiger partial charge in [-0.3, -0.25) is 4.90 Å². The Hall–Kier alpha value is -3.76. The van der Waals surface area contributed by atoms with Crippen LogP contribution in [0.3, 0.4) is 0 Å². The predicted octanol–water partition coefficient (Wildman–Crippen LogP) is 7.40. The molecule has 0 saturated carbocycles. The fourth-order valence-corrected chi connectivity index (χ4v) is 5.12. The molecule has 0 amide bonds. The maximum absolute atomic E-state index is 6.49. The molecule has 1 aromatic heterocycles. The maximum atomic E-state index is 6.49. The fourth-order valence-electron chi connectivity index (χ4n) is 5.12. The van der Waals surface area contributed by atoms with Crippen LogP contribution in [-0.4, -0.2) is 38.3 Å². The molecule has 4 heteroatoms. The molecule has 4 aromatic carbocycles. The molecule has 6 rings (SSSR count). The van der Waals surface area contributed by atoms with Crippen molar-refractivity contribution >= 4 is 21.7 Å². The lowest BCUT2D eigenvalue weighted by Gasteiger charge is -2.15. The van der Waals surface area contributed by atoms with Crippen molar-refractivity contribution in [3.05, 3.63) is 84.9 Å². The van der Waals surface area contributed by atoms with Crippen LogP contribution in [0.2, 0.25) is 0 Å². The SMILES string of the molecule is COc1ccc2c(ccc3oc(-c4ccccc4)c(-c4ccc(OCCN5CCCC5)cc4)c32)c1. The highest BCUT2D eigenvalue weighted by atomic mass is 16.5. The van der Waals surface area contributed by atoms with E-state index >= 15 is 0 Å². The van der Waals surface area contributed by atoms with Crippen LogP contribution < -0.4 is 9.47 Å². The Kier molecular flexibility index (Phi) is 5.89. The van der Waals surface area contributed by atoms with Crippen LogP contribution in [-0.2, 0) is 0 Å². The average Bonchev–Trinajstić information content (AvgIpc) is 3.57. The molecular weight excluding hydrogens is 434 g/mol. The van der Waals surface area contributed by atoms with Gasteiger partial charge in [-0.15, -0.1) is 0 Å². The van der Waals surface area contributed by atoms with Gasteiger partial charge in [0.1, 0.15) is 29.4 Å². The highest BCUT2D eigenvalue weighted by molar-refractivity contribution is 6.16. The number of nitrogens with zero attached hydrogens (tertiary/aromatic N) is 1. The largest absolute Gasteiger partial charge is 0.497 e. The van der Waals surface area contributed by atoms with Gasteiger partial charge in [-0.25, -0.2) is 0 Å². The van der Waals surface area contributed by atoms with Crippen molar-refractivity contribution in [2.75, 3.05) is 33.4 Å². The highest BCUT2D eigenvalue weighted by Gasteiger charge is 2.20. The smallest absolute Gasteiger partial charge is 0.143 e. The molecule has 35 heavy (non-hydrogen) atoms. The predicted molar refractivity (Wildman–Crippen MR) is 142 cm³/mol. The second-order valence-electron chi connectivity index (χ2n) is 9.12. The van der Waals surface area contributed by atoms with Crippen LogP contribution in [0.25, 0.3) is 44.2 Å². The van der Waals surface area contributed by atoms with Crippen molar-refractivity contribution in [2.24, 2.45) is 0 Å². The molecule has 0 radical (unpaired) electrons. The fraction of sp³-hybridized carbons (Fsp3) is 0.226. The van der Waals surface area contributed by atoms with Crippen molar-refractivity contribution in [3.8, 4) is 33.9 Å². The Balaban J connectivity index is 1.42. The van der Waals surface area contributed by atoms with Gasteiger partial charge in [-0.2, -0.15) is 0 Å². The van der Waals surface area contributed by atoms with Crippen LogP contribution in [0.5, 0.6) is 11.5 Å². The van der Waals surface area contributed by atoms with E-state index in [0.717, 1.165) is 68.8 Å². The second-order valence-corrected chi connectivity index (χ2v) is 9.12. The van der Waals surface area contributed by atoms with Crippen LogP contribution in [0, 0.1) is 0 Å². The molecule has 1 aliphatic rings. The number of methoxy groups -OCH3 is 1. The zero-order chi connectivity index (χ0) is 23.6. The minimum Gasteiger partial charge on any atom is -0.497 e. The standard InChI is InChI=1S/C31H29NO3/c1-33-26-14-15-27-24(21-26)11-16-28-30(27)29(31(35-28)23-7-3-2-4-8-23)22-9-12-25(13-10-22)34-20-19-32-17-5-6-18-32/h2-4,7-16,21H,5-6,17-20H2,1H3. The molecule has 1 aliphatic heterocycles. The zero-order valence-electron chi connectivity index (χ0n) is 20.0. The summed E-state index contributed by atoms with van der Waals surface area (Å²) in [5.41, 5.74) is 4.15. The Bertz CT molecular complexity index is 1450. The number of benzene rings is 4. The Morgan fingerprint density at radius 1 is 0.800 bits per heavy atom. The van der Waals surface area contributed by atoms with Crippen molar-refractivity contribution in [1.82, 2.24) is 4.90 Å². The molecule has 0 unspecified atom stereocenters. The zero-order valence-corrected chi connectivity index (χ0v) is 20.0. The molecule has 1 saturated heterocycles. The summed E-state index contributed by atoms with van der Waals surface area (Å²) in [6.45, 7) is 4.09. The first kappa shape index (κ1) is 21.8. The van der Waals surface area contributed by atoms with Gasteiger partial charge in [0, 0.05) is 23.1 Å². The van der Waals surface area contributed by atoms with Crippen LogP contribution in [0.15, 0.2) is 89.3 Å². The van der Waals surface area contributed by atoms with Crippen molar-refractivity contribution in [3.63, 3.8) is 0 Å². The van der Waals surface area contributed by atoms with E-state index in [-0.39, 0.29) is 0 Å². The van der Waals surface area contributed by atoms with Crippen molar-refractivity contribution in [1.29, 1.82) is 0 Å². The van der Waals surface area contributed by atoms with Gasteiger partial charge in [0.05, 0.1) is 7.11 Å². The quantitative estimate of drug-likeness (QED) is 0.252. The number of ether oxygens (including phenoxy) is 2. The highest BCUT2D eigenvalue weighted by Crippen LogP contribution is 2.44. The van der Waals surface area contributed by atoms with E-state index in [2.05, 4.69) is 65.6 Å². The molecular formula is C31H29NO3. The van der Waals surface area contributed by atoms with Gasteiger partial charge >= 0.3 is 0 Å². The Labute approximate surface area is 205 Å². The van der Waals surface area contributed by atoms with Gasteiger partial charge < -0.3 is 13.9 Å². The van der Waals surface area contributed by atoms with Gasteiger partial charge in [0.2, 0.25) is 0 Å². The molecule has 176 valence electrons. The summed E-state index contributed by atoms with van der Waals surface area (Å²) in [6, 6.07) is 29.1. The Morgan fingerprint density at radius 2 is 1.57 bits per heavy atom. The summed E-state index contributed by atoms with van der Waals surface area (Å²) in [4.78, 5) is 2.47. The topological polar surface area (TPSA) is 34.8 Å². The minimum absolute atomic E-state index is 0.718. The normalized spacial score (nSPS) is 14.1. The first-order valence-corrected chi connectivity index (χ1v) is 12.3. The number of hydrogen-bond acceptors (Lipinski definition) is 4. The third kappa shape index (κ3) is 4.26. The van der Waals surface area contributed by atoms with E-state index in [9.17, 15) is 0 Å². The molecule has 1 fully saturated rings. The van der Waals surface area contributed by atoms with E-state index in [0.29, 0.717) is 0 Å². The lowest BCUT2D eigenvalue weighted by molar-refractivity contribution is 0.238. The molecule has 5 aromatic rings. The number of likely N-dealkylation sites (tertiary alicyclic amines) is 1. The third-order valence-corrected chi connectivity index (χ3v) is 6.93. The molecule has 0 N–H and O–H groups in total. The number of hydrogen-bond donors (Lipinski definition) is 0. The Morgan fingerprint density at radius 3 is 2.34 bits per heavy atom. The molecule has 0 aliphatic carbocycles. The average molecular weight is 464 g/mol. The summed E-state index contributed by atoms with van der Waals surface area (Å²) in [5.74, 6) is 2.63. The maximum Gasteiger partial charge on any atom is 0.143 e. The van der Waals surface area contributed by atoms with Crippen LogP contribution in [0.4, 0.5) is 0 Å². The lowest BCUT2D eigenvalue weighted by Crippen LogP contribution is -2.25.